The minimum absolute atomic E-state index is 0.0785. The number of ether oxygens (including phenoxy) is 2. The summed E-state index contributed by atoms with van der Waals surface area (Å²) in [5.74, 6) is -1.35. The standard InChI is InChI=1S/C31H41N3O6/c1-4-17-32-18-9-15-30(5-2)24(27(32)36)25-28(37)34(19-7-6-8-21-35)26-29(38)33(20-10-16-31(25,26)40-30)22-11-13-23(39-3)14-12-22/h9-16,24-26,35H,4-8,17-21H2,1-3H3/t24-,25+,26?,30+,31+/m1/s1. The van der Waals surface area contributed by atoms with Gasteiger partial charge >= 0.3 is 0 Å². The molecule has 5 atom stereocenters. The van der Waals surface area contributed by atoms with E-state index in [9.17, 15) is 19.5 Å². The molecule has 0 saturated carbocycles. The Kier molecular flexibility index (Phi) is 8.06. The summed E-state index contributed by atoms with van der Waals surface area (Å²) in [4.78, 5) is 48.2. The number of rotatable bonds is 10. The van der Waals surface area contributed by atoms with Gasteiger partial charge in [-0.3, -0.25) is 14.4 Å². The predicted molar refractivity (Wildman–Crippen MR) is 151 cm³/mol. The first kappa shape index (κ1) is 28.4. The van der Waals surface area contributed by atoms with Crippen molar-refractivity contribution in [1.82, 2.24) is 9.80 Å². The highest BCUT2D eigenvalue weighted by molar-refractivity contribution is 6.06. The summed E-state index contributed by atoms with van der Waals surface area (Å²) in [7, 11) is 1.59. The van der Waals surface area contributed by atoms with E-state index in [0.717, 1.165) is 12.8 Å². The Balaban J connectivity index is 1.60. The Labute approximate surface area is 236 Å². The van der Waals surface area contributed by atoms with Crippen molar-refractivity contribution in [1.29, 1.82) is 0 Å². The molecule has 0 bridgehead atoms. The van der Waals surface area contributed by atoms with Crippen molar-refractivity contribution in [3.05, 3.63) is 48.6 Å². The van der Waals surface area contributed by atoms with Gasteiger partial charge in [-0.1, -0.05) is 38.2 Å². The van der Waals surface area contributed by atoms with E-state index in [1.807, 2.05) is 67.3 Å². The number of aliphatic hydroxyl groups is 1. The zero-order valence-corrected chi connectivity index (χ0v) is 23.8. The molecular weight excluding hydrogens is 510 g/mol. The van der Waals surface area contributed by atoms with Crippen LogP contribution in [-0.2, 0) is 19.1 Å². The summed E-state index contributed by atoms with van der Waals surface area (Å²) in [6, 6.07) is 6.39. The number of fused-ring (bicyclic) bond motifs is 2. The van der Waals surface area contributed by atoms with Gasteiger partial charge < -0.3 is 29.3 Å². The van der Waals surface area contributed by atoms with Crippen LogP contribution in [0.15, 0.2) is 48.6 Å². The van der Waals surface area contributed by atoms with Gasteiger partial charge in [0.2, 0.25) is 11.8 Å². The maximum absolute atomic E-state index is 14.5. The first-order chi connectivity index (χ1) is 19.4. The molecule has 216 valence electrons. The fraction of sp³-hybridized carbons (Fsp3) is 0.581. The van der Waals surface area contributed by atoms with Gasteiger partial charge in [0.05, 0.1) is 24.5 Å². The Hall–Kier alpha value is -3.17. The van der Waals surface area contributed by atoms with E-state index < -0.39 is 29.1 Å². The van der Waals surface area contributed by atoms with Gasteiger partial charge in [-0.25, -0.2) is 0 Å². The molecule has 9 nitrogen and oxygen atoms in total. The number of hydrogen-bond donors (Lipinski definition) is 1. The average Bonchev–Trinajstić information content (AvgIpc) is 3.25. The number of carbonyl (C=O) groups is 3. The van der Waals surface area contributed by atoms with Crippen LogP contribution in [0.25, 0.3) is 0 Å². The summed E-state index contributed by atoms with van der Waals surface area (Å²) in [5, 5.41) is 9.29. The smallest absolute Gasteiger partial charge is 0.253 e. The lowest BCUT2D eigenvalue weighted by molar-refractivity contribution is -0.150. The number of methoxy groups -OCH3 is 1. The van der Waals surface area contributed by atoms with Crippen LogP contribution in [0.5, 0.6) is 5.75 Å². The lowest BCUT2D eigenvalue weighted by Crippen LogP contribution is -2.56. The third-order valence-electron chi connectivity index (χ3n) is 8.96. The summed E-state index contributed by atoms with van der Waals surface area (Å²) in [6.45, 7) is 5.85. The third-order valence-corrected chi connectivity index (χ3v) is 8.96. The Morgan fingerprint density at radius 1 is 0.925 bits per heavy atom. The number of amides is 3. The summed E-state index contributed by atoms with van der Waals surface area (Å²) in [6.07, 6.45) is 11.1. The fourth-order valence-corrected chi connectivity index (χ4v) is 7.09. The molecule has 4 aliphatic heterocycles. The fourth-order valence-electron chi connectivity index (χ4n) is 7.09. The Morgan fingerprint density at radius 2 is 1.68 bits per heavy atom. The summed E-state index contributed by atoms with van der Waals surface area (Å²) < 4.78 is 12.3. The quantitative estimate of drug-likeness (QED) is 0.355. The lowest BCUT2D eigenvalue weighted by atomic mass is 9.73. The molecule has 4 heterocycles. The van der Waals surface area contributed by atoms with Gasteiger partial charge in [0, 0.05) is 38.5 Å². The zero-order valence-electron chi connectivity index (χ0n) is 23.8. The molecule has 4 aliphatic rings. The highest BCUT2D eigenvalue weighted by Crippen LogP contribution is 2.58. The van der Waals surface area contributed by atoms with Crippen LogP contribution in [0.1, 0.15) is 46.0 Å². The summed E-state index contributed by atoms with van der Waals surface area (Å²) >= 11 is 0. The highest BCUT2D eigenvalue weighted by Gasteiger charge is 2.75. The van der Waals surface area contributed by atoms with Crippen LogP contribution in [0.4, 0.5) is 5.69 Å². The molecule has 5 rings (SSSR count). The molecule has 0 aromatic heterocycles. The van der Waals surface area contributed by atoms with Crippen molar-refractivity contribution in [3.8, 4) is 5.75 Å². The van der Waals surface area contributed by atoms with E-state index in [2.05, 4.69) is 0 Å². The Morgan fingerprint density at radius 3 is 2.35 bits per heavy atom. The molecule has 1 unspecified atom stereocenters. The summed E-state index contributed by atoms with van der Waals surface area (Å²) in [5.41, 5.74) is -1.53. The van der Waals surface area contributed by atoms with Crippen LogP contribution in [-0.4, -0.2) is 89.8 Å². The third kappa shape index (κ3) is 4.43. The van der Waals surface area contributed by atoms with Crippen molar-refractivity contribution in [2.75, 3.05) is 44.8 Å². The molecular formula is C31H41N3O6. The van der Waals surface area contributed by atoms with Crippen molar-refractivity contribution in [2.24, 2.45) is 11.8 Å². The molecule has 0 radical (unpaired) electrons. The first-order valence-corrected chi connectivity index (χ1v) is 14.6. The molecule has 1 aromatic carbocycles. The van der Waals surface area contributed by atoms with Gasteiger partial charge in [-0.15, -0.1) is 0 Å². The number of carbonyl (C=O) groups excluding carboxylic acids is 3. The number of aliphatic hydroxyl groups excluding tert-OH is 1. The number of benzene rings is 1. The predicted octanol–water partition coefficient (Wildman–Crippen LogP) is 2.93. The molecule has 1 spiro atoms. The Bertz CT molecular complexity index is 1180. The second-order valence-electron chi connectivity index (χ2n) is 11.2. The molecule has 1 aromatic rings. The maximum atomic E-state index is 14.5. The van der Waals surface area contributed by atoms with Crippen LogP contribution >= 0.6 is 0 Å². The van der Waals surface area contributed by atoms with Crippen LogP contribution in [0.2, 0.25) is 0 Å². The van der Waals surface area contributed by atoms with Crippen molar-refractivity contribution in [3.63, 3.8) is 0 Å². The molecule has 9 heteroatoms. The lowest BCUT2D eigenvalue weighted by Gasteiger charge is -2.38. The van der Waals surface area contributed by atoms with E-state index in [-0.39, 0.29) is 24.3 Å². The van der Waals surface area contributed by atoms with E-state index in [1.54, 1.807) is 16.9 Å². The van der Waals surface area contributed by atoms with Crippen molar-refractivity contribution >= 4 is 23.4 Å². The number of likely N-dealkylation sites (tertiary alicyclic amines) is 1. The van der Waals surface area contributed by atoms with Gasteiger partial charge in [0.15, 0.2) is 0 Å². The first-order valence-electron chi connectivity index (χ1n) is 14.6. The minimum Gasteiger partial charge on any atom is -0.497 e. The molecule has 2 fully saturated rings. The second kappa shape index (κ2) is 11.4. The number of anilines is 1. The van der Waals surface area contributed by atoms with E-state index in [4.69, 9.17) is 9.47 Å². The van der Waals surface area contributed by atoms with Crippen molar-refractivity contribution in [2.45, 2.75) is 63.2 Å². The molecule has 40 heavy (non-hydrogen) atoms. The molecule has 1 N–H and O–H groups in total. The van der Waals surface area contributed by atoms with E-state index >= 15 is 0 Å². The normalized spacial score (nSPS) is 31.2. The van der Waals surface area contributed by atoms with Gasteiger partial charge in [-0.2, -0.15) is 0 Å². The molecule has 2 saturated heterocycles. The number of unbranched alkanes of at least 4 members (excludes halogenated alkanes) is 2. The van der Waals surface area contributed by atoms with Crippen LogP contribution < -0.4 is 9.64 Å². The monoisotopic (exact) mass is 551 g/mol. The van der Waals surface area contributed by atoms with Crippen LogP contribution in [0.3, 0.4) is 0 Å². The number of hydrogen-bond acceptors (Lipinski definition) is 6. The second-order valence-corrected chi connectivity index (χ2v) is 11.2. The topological polar surface area (TPSA) is 99.6 Å². The van der Waals surface area contributed by atoms with Gasteiger partial charge in [0.25, 0.3) is 5.91 Å². The average molecular weight is 552 g/mol. The maximum Gasteiger partial charge on any atom is 0.253 e. The number of nitrogens with zero attached hydrogens (tertiary/aromatic N) is 3. The van der Waals surface area contributed by atoms with Crippen molar-refractivity contribution < 1.29 is 29.0 Å². The molecule has 3 amide bonds. The van der Waals surface area contributed by atoms with E-state index in [1.165, 1.54) is 0 Å². The minimum atomic E-state index is -1.26. The van der Waals surface area contributed by atoms with Crippen LogP contribution in [0, 0.1) is 11.8 Å². The highest BCUT2D eigenvalue weighted by atomic mass is 16.5. The van der Waals surface area contributed by atoms with Gasteiger partial charge in [-0.05, 0) is 56.4 Å². The van der Waals surface area contributed by atoms with E-state index in [0.29, 0.717) is 56.9 Å². The van der Waals surface area contributed by atoms with Gasteiger partial charge in [0.1, 0.15) is 17.4 Å². The largest absolute Gasteiger partial charge is 0.497 e. The molecule has 0 aliphatic carbocycles. The SMILES string of the molecule is CCCN1CC=C[C@]2(CC)O[C@]34C=CCN(c5ccc(OC)cc5)C(=O)C3N(CCCCCO)C(=O)[C@@H]4[C@@H]2C1=O. The zero-order chi connectivity index (χ0) is 28.5.